The van der Waals surface area contributed by atoms with Crippen LogP contribution < -0.4 is 5.32 Å². The topological polar surface area (TPSA) is 24.9 Å². The van der Waals surface area contributed by atoms with E-state index in [1.54, 1.807) is 0 Å². The molecule has 0 aliphatic rings. The Morgan fingerprint density at radius 2 is 2.13 bits per heavy atom. The van der Waals surface area contributed by atoms with Crippen LogP contribution in [0.2, 0.25) is 0 Å². The first-order chi connectivity index (χ1) is 7.11. The van der Waals surface area contributed by atoms with Crippen LogP contribution >= 0.6 is 15.9 Å². The summed E-state index contributed by atoms with van der Waals surface area (Å²) in [7, 11) is 0. The maximum Gasteiger partial charge on any atom is 0.127 e. The second-order valence-corrected chi connectivity index (χ2v) is 4.95. The van der Waals surface area contributed by atoms with E-state index in [0.29, 0.717) is 6.04 Å². The van der Waals surface area contributed by atoms with Gasteiger partial charge in [0, 0.05) is 6.04 Å². The highest BCUT2D eigenvalue weighted by Crippen LogP contribution is 2.15. The zero-order valence-electron chi connectivity index (χ0n) is 9.63. The van der Waals surface area contributed by atoms with Gasteiger partial charge < -0.3 is 5.32 Å². The maximum absolute atomic E-state index is 4.35. The minimum Gasteiger partial charge on any atom is -0.368 e. The Hall–Kier alpha value is -0.570. The highest BCUT2D eigenvalue weighted by molar-refractivity contribution is 9.10. The van der Waals surface area contributed by atoms with Crippen LogP contribution in [0.15, 0.2) is 22.8 Å². The van der Waals surface area contributed by atoms with Gasteiger partial charge in [-0.15, -0.1) is 0 Å². The van der Waals surface area contributed by atoms with Gasteiger partial charge in [0.1, 0.15) is 10.4 Å². The average Bonchev–Trinajstić information content (AvgIpc) is 2.17. The van der Waals surface area contributed by atoms with Gasteiger partial charge in [-0.25, -0.2) is 4.98 Å². The molecule has 0 bridgehead atoms. The third kappa shape index (κ3) is 4.65. The molecule has 2 atom stereocenters. The van der Waals surface area contributed by atoms with Crippen molar-refractivity contribution in [2.24, 2.45) is 5.92 Å². The van der Waals surface area contributed by atoms with Crippen molar-refractivity contribution in [2.45, 2.75) is 39.7 Å². The summed E-state index contributed by atoms with van der Waals surface area (Å²) in [5.74, 6) is 1.71. The molecule has 0 aliphatic heterocycles. The second-order valence-electron chi connectivity index (χ2n) is 4.14. The van der Waals surface area contributed by atoms with Gasteiger partial charge >= 0.3 is 0 Å². The van der Waals surface area contributed by atoms with Crippen molar-refractivity contribution in [1.82, 2.24) is 4.98 Å². The molecule has 1 aromatic rings. The molecule has 3 heteroatoms. The Labute approximate surface area is 101 Å². The summed E-state index contributed by atoms with van der Waals surface area (Å²) in [5.41, 5.74) is 0. The number of rotatable bonds is 5. The van der Waals surface area contributed by atoms with Crippen LogP contribution in [0, 0.1) is 5.92 Å². The molecule has 0 fully saturated rings. The first-order valence-electron chi connectivity index (χ1n) is 5.51. The summed E-state index contributed by atoms with van der Waals surface area (Å²) in [6, 6.07) is 6.40. The molecule has 0 radical (unpaired) electrons. The minimum absolute atomic E-state index is 0.474. The second kappa shape index (κ2) is 6.11. The molecule has 84 valence electrons. The highest BCUT2D eigenvalue weighted by Gasteiger charge is 2.07. The number of hydrogen-bond donors (Lipinski definition) is 1. The van der Waals surface area contributed by atoms with Crippen molar-refractivity contribution >= 4 is 21.7 Å². The number of nitrogens with one attached hydrogen (secondary N) is 1. The fourth-order valence-corrected chi connectivity index (χ4v) is 1.91. The lowest BCUT2D eigenvalue weighted by molar-refractivity contribution is 0.483. The molecule has 0 aliphatic carbocycles. The molecule has 1 heterocycles. The largest absolute Gasteiger partial charge is 0.368 e. The Bertz CT molecular complexity index is 301. The Morgan fingerprint density at radius 1 is 1.40 bits per heavy atom. The Morgan fingerprint density at radius 3 is 2.73 bits per heavy atom. The van der Waals surface area contributed by atoms with E-state index < -0.39 is 0 Å². The van der Waals surface area contributed by atoms with Crippen molar-refractivity contribution in [1.29, 1.82) is 0 Å². The summed E-state index contributed by atoms with van der Waals surface area (Å²) in [5, 5.41) is 3.41. The van der Waals surface area contributed by atoms with Crippen molar-refractivity contribution < 1.29 is 0 Å². The van der Waals surface area contributed by atoms with Crippen molar-refractivity contribution in [2.75, 3.05) is 5.32 Å². The standard InChI is InChI=1S/C12H19BrN2/c1-4-9(2)8-10(3)14-12-7-5-6-11(13)15-12/h5-7,9-10H,4,8H2,1-3H3,(H,14,15). The van der Waals surface area contributed by atoms with E-state index in [4.69, 9.17) is 0 Å². The van der Waals surface area contributed by atoms with E-state index in [0.717, 1.165) is 16.3 Å². The van der Waals surface area contributed by atoms with Crippen LogP contribution in [-0.2, 0) is 0 Å². The van der Waals surface area contributed by atoms with E-state index >= 15 is 0 Å². The first-order valence-corrected chi connectivity index (χ1v) is 6.30. The van der Waals surface area contributed by atoms with Gasteiger partial charge in [0.25, 0.3) is 0 Å². The van der Waals surface area contributed by atoms with E-state index in [2.05, 4.69) is 47.0 Å². The van der Waals surface area contributed by atoms with Crippen LogP contribution in [0.4, 0.5) is 5.82 Å². The Kier molecular flexibility index (Phi) is 5.09. The molecule has 2 unspecified atom stereocenters. The zero-order chi connectivity index (χ0) is 11.3. The fourth-order valence-electron chi connectivity index (χ4n) is 1.57. The van der Waals surface area contributed by atoms with Crippen LogP contribution in [0.25, 0.3) is 0 Å². The summed E-state index contributed by atoms with van der Waals surface area (Å²) >= 11 is 3.37. The summed E-state index contributed by atoms with van der Waals surface area (Å²) in [4.78, 5) is 4.35. The third-order valence-electron chi connectivity index (χ3n) is 2.56. The lowest BCUT2D eigenvalue weighted by atomic mass is 10.0. The number of aromatic nitrogens is 1. The Balaban J connectivity index is 2.47. The molecule has 0 amide bonds. The molecule has 0 spiro atoms. The SMILES string of the molecule is CCC(C)CC(C)Nc1cccc(Br)n1. The van der Waals surface area contributed by atoms with E-state index in [1.165, 1.54) is 12.8 Å². The summed E-state index contributed by atoms with van der Waals surface area (Å²) < 4.78 is 0.878. The summed E-state index contributed by atoms with van der Waals surface area (Å²) in [6.45, 7) is 6.72. The van der Waals surface area contributed by atoms with Crippen LogP contribution in [0.5, 0.6) is 0 Å². The average molecular weight is 271 g/mol. The van der Waals surface area contributed by atoms with Crippen LogP contribution in [-0.4, -0.2) is 11.0 Å². The molecular formula is C12H19BrN2. The zero-order valence-corrected chi connectivity index (χ0v) is 11.2. The van der Waals surface area contributed by atoms with Gasteiger partial charge in [-0.3, -0.25) is 0 Å². The molecule has 1 aromatic heterocycles. The molecule has 0 saturated heterocycles. The number of anilines is 1. The fraction of sp³-hybridized carbons (Fsp3) is 0.583. The van der Waals surface area contributed by atoms with Crippen molar-refractivity contribution in [3.05, 3.63) is 22.8 Å². The smallest absolute Gasteiger partial charge is 0.127 e. The van der Waals surface area contributed by atoms with Gasteiger partial charge in [0.15, 0.2) is 0 Å². The monoisotopic (exact) mass is 270 g/mol. The predicted octanol–water partition coefficient (Wildman–Crippen LogP) is 4.08. The van der Waals surface area contributed by atoms with Gasteiger partial charge in [-0.2, -0.15) is 0 Å². The number of pyridine rings is 1. The first kappa shape index (κ1) is 12.5. The van der Waals surface area contributed by atoms with Crippen LogP contribution in [0.1, 0.15) is 33.6 Å². The molecular weight excluding hydrogens is 252 g/mol. The van der Waals surface area contributed by atoms with Crippen LogP contribution in [0.3, 0.4) is 0 Å². The highest BCUT2D eigenvalue weighted by atomic mass is 79.9. The van der Waals surface area contributed by atoms with Gasteiger partial charge in [-0.1, -0.05) is 26.3 Å². The van der Waals surface area contributed by atoms with E-state index in [9.17, 15) is 0 Å². The van der Waals surface area contributed by atoms with E-state index in [-0.39, 0.29) is 0 Å². The molecule has 0 aromatic carbocycles. The van der Waals surface area contributed by atoms with E-state index in [1.807, 2.05) is 18.2 Å². The molecule has 2 nitrogen and oxygen atoms in total. The normalized spacial score (nSPS) is 14.7. The van der Waals surface area contributed by atoms with Gasteiger partial charge in [0.2, 0.25) is 0 Å². The molecule has 1 rings (SSSR count). The number of hydrogen-bond acceptors (Lipinski definition) is 2. The predicted molar refractivity (Wildman–Crippen MR) is 69.1 cm³/mol. The molecule has 15 heavy (non-hydrogen) atoms. The summed E-state index contributed by atoms with van der Waals surface area (Å²) in [6.07, 6.45) is 2.42. The van der Waals surface area contributed by atoms with Crippen molar-refractivity contribution in [3.8, 4) is 0 Å². The quantitative estimate of drug-likeness (QED) is 0.816. The molecule has 1 N–H and O–H groups in total. The van der Waals surface area contributed by atoms with Crippen molar-refractivity contribution in [3.63, 3.8) is 0 Å². The molecule has 0 saturated carbocycles. The van der Waals surface area contributed by atoms with Gasteiger partial charge in [0.05, 0.1) is 0 Å². The number of halogens is 1. The lowest BCUT2D eigenvalue weighted by Gasteiger charge is -2.18. The lowest BCUT2D eigenvalue weighted by Crippen LogP contribution is -2.18. The number of nitrogens with zero attached hydrogens (tertiary/aromatic N) is 1. The third-order valence-corrected chi connectivity index (χ3v) is 3.00. The maximum atomic E-state index is 4.35. The minimum atomic E-state index is 0.474. The van der Waals surface area contributed by atoms with Gasteiger partial charge in [-0.05, 0) is 47.3 Å².